The largest absolute Gasteiger partial charge is 0.462 e. The number of benzene rings is 1. The summed E-state index contributed by atoms with van der Waals surface area (Å²) in [5.41, 5.74) is 1.04. The minimum absolute atomic E-state index is 0.0295. The van der Waals surface area contributed by atoms with Crippen LogP contribution in [0.4, 0.5) is 0 Å². The summed E-state index contributed by atoms with van der Waals surface area (Å²) in [6, 6.07) is 9.45. The van der Waals surface area contributed by atoms with Crippen molar-refractivity contribution in [2.24, 2.45) is 5.92 Å². The highest BCUT2D eigenvalue weighted by Crippen LogP contribution is 2.27. The molecule has 0 atom stereocenters. The average Bonchev–Trinajstić information content (AvgIpc) is 2.54. The molecule has 1 aromatic rings. The van der Waals surface area contributed by atoms with Gasteiger partial charge < -0.3 is 4.74 Å². The number of rotatable bonds is 5. The van der Waals surface area contributed by atoms with E-state index in [4.69, 9.17) is 4.74 Å². The second kappa shape index (κ2) is 7.77. The molecule has 3 nitrogen and oxygen atoms in total. The molecule has 21 heavy (non-hydrogen) atoms. The number of Topliss-reactive ketones (excluding diaryl/α,β-unsaturated/α-hetero) is 1. The summed E-state index contributed by atoms with van der Waals surface area (Å²) in [5.74, 6) is -0.591. The first-order chi connectivity index (χ1) is 10.2. The zero-order chi connectivity index (χ0) is 15.1. The number of carbonyl (C=O) groups excluding carboxylic acids is 2. The molecule has 0 amide bonds. The predicted octanol–water partition coefficient (Wildman–Crippen LogP) is 3.78. The van der Waals surface area contributed by atoms with Crippen LogP contribution >= 0.6 is 0 Å². The van der Waals surface area contributed by atoms with E-state index in [2.05, 4.69) is 0 Å². The van der Waals surface area contributed by atoms with Gasteiger partial charge in [-0.15, -0.1) is 0 Å². The van der Waals surface area contributed by atoms with E-state index >= 15 is 0 Å². The normalized spacial score (nSPS) is 16.5. The highest BCUT2D eigenvalue weighted by atomic mass is 16.5. The van der Waals surface area contributed by atoms with E-state index in [0.29, 0.717) is 0 Å². The van der Waals surface area contributed by atoms with E-state index in [-0.39, 0.29) is 23.9 Å². The minimum atomic E-state index is -0.503. The summed E-state index contributed by atoms with van der Waals surface area (Å²) in [5, 5.41) is 0. The number of hydrogen-bond donors (Lipinski definition) is 0. The number of esters is 1. The summed E-state index contributed by atoms with van der Waals surface area (Å²) >= 11 is 0. The first kappa shape index (κ1) is 15.5. The fraction of sp³-hybridized carbons (Fsp3) is 0.444. The average molecular weight is 286 g/mol. The van der Waals surface area contributed by atoms with Crippen molar-refractivity contribution in [3.05, 3.63) is 41.5 Å². The van der Waals surface area contributed by atoms with Crippen molar-refractivity contribution in [1.82, 2.24) is 0 Å². The maximum Gasteiger partial charge on any atom is 0.341 e. The number of carbonyl (C=O) groups is 2. The van der Waals surface area contributed by atoms with E-state index in [1.165, 1.54) is 6.42 Å². The van der Waals surface area contributed by atoms with Gasteiger partial charge in [0, 0.05) is 5.92 Å². The van der Waals surface area contributed by atoms with Crippen molar-refractivity contribution in [3.8, 4) is 0 Å². The highest BCUT2D eigenvalue weighted by Gasteiger charge is 2.28. The lowest BCUT2D eigenvalue weighted by atomic mass is 9.83. The number of hydrogen-bond acceptors (Lipinski definition) is 3. The SMILES string of the molecule is CCOC(=O)C(=Cc1ccccc1)C(=O)C1CCCCC1. The first-order valence-electron chi connectivity index (χ1n) is 7.70. The van der Waals surface area contributed by atoms with Crippen LogP contribution in [0.15, 0.2) is 35.9 Å². The van der Waals surface area contributed by atoms with Crippen LogP contribution in [0.1, 0.15) is 44.6 Å². The molecular weight excluding hydrogens is 264 g/mol. The second-order valence-electron chi connectivity index (χ2n) is 5.39. The molecule has 0 heterocycles. The molecule has 0 radical (unpaired) electrons. The molecule has 0 bridgehead atoms. The van der Waals surface area contributed by atoms with Crippen molar-refractivity contribution in [3.63, 3.8) is 0 Å². The van der Waals surface area contributed by atoms with Gasteiger partial charge in [-0.3, -0.25) is 4.79 Å². The van der Waals surface area contributed by atoms with Gasteiger partial charge >= 0.3 is 5.97 Å². The van der Waals surface area contributed by atoms with Crippen molar-refractivity contribution in [2.75, 3.05) is 6.61 Å². The van der Waals surface area contributed by atoms with Gasteiger partial charge in [-0.2, -0.15) is 0 Å². The van der Waals surface area contributed by atoms with Gasteiger partial charge in [0.15, 0.2) is 5.78 Å². The summed E-state index contributed by atoms with van der Waals surface area (Å²) in [6.07, 6.45) is 6.74. The Labute approximate surface area is 126 Å². The van der Waals surface area contributed by atoms with E-state index in [1.807, 2.05) is 30.3 Å². The first-order valence-corrected chi connectivity index (χ1v) is 7.70. The van der Waals surface area contributed by atoms with Gasteiger partial charge in [0.2, 0.25) is 0 Å². The monoisotopic (exact) mass is 286 g/mol. The molecule has 1 aromatic carbocycles. The molecule has 112 valence electrons. The smallest absolute Gasteiger partial charge is 0.341 e. The third-order valence-corrected chi connectivity index (χ3v) is 3.85. The molecule has 1 aliphatic carbocycles. The van der Waals surface area contributed by atoms with Crippen molar-refractivity contribution >= 4 is 17.8 Å². The Bertz CT molecular complexity index is 511. The fourth-order valence-electron chi connectivity index (χ4n) is 2.74. The Hall–Kier alpha value is -1.90. The molecule has 0 unspecified atom stereocenters. The van der Waals surface area contributed by atoms with Gasteiger partial charge in [-0.05, 0) is 31.4 Å². The quantitative estimate of drug-likeness (QED) is 0.358. The second-order valence-corrected chi connectivity index (χ2v) is 5.39. The highest BCUT2D eigenvalue weighted by molar-refractivity contribution is 6.21. The molecule has 3 heteroatoms. The van der Waals surface area contributed by atoms with E-state index in [9.17, 15) is 9.59 Å². The van der Waals surface area contributed by atoms with Crippen molar-refractivity contribution in [1.29, 1.82) is 0 Å². The molecule has 0 aliphatic heterocycles. The Balaban J connectivity index is 2.25. The Kier molecular flexibility index (Phi) is 5.73. The minimum Gasteiger partial charge on any atom is -0.462 e. The van der Waals surface area contributed by atoms with Crippen LogP contribution in [-0.2, 0) is 14.3 Å². The zero-order valence-electron chi connectivity index (χ0n) is 12.5. The van der Waals surface area contributed by atoms with Crippen LogP contribution in [0.3, 0.4) is 0 Å². The molecule has 0 saturated heterocycles. The summed E-state index contributed by atoms with van der Waals surface area (Å²) < 4.78 is 5.06. The van der Waals surface area contributed by atoms with Crippen molar-refractivity contribution < 1.29 is 14.3 Å². The van der Waals surface area contributed by atoms with Gasteiger partial charge in [0.25, 0.3) is 0 Å². The van der Waals surface area contributed by atoms with Gasteiger partial charge in [-0.25, -0.2) is 4.79 Å². The van der Waals surface area contributed by atoms with E-state index in [0.717, 1.165) is 31.2 Å². The number of ketones is 1. The van der Waals surface area contributed by atoms with Gasteiger partial charge in [0.1, 0.15) is 5.57 Å². The molecular formula is C18H22O3. The lowest BCUT2D eigenvalue weighted by molar-refractivity contribution is -0.140. The van der Waals surface area contributed by atoms with E-state index < -0.39 is 5.97 Å². The maximum atomic E-state index is 12.6. The summed E-state index contributed by atoms with van der Waals surface area (Å²) in [6.45, 7) is 2.03. The van der Waals surface area contributed by atoms with E-state index in [1.54, 1.807) is 13.0 Å². The molecule has 0 spiro atoms. The number of ether oxygens (including phenoxy) is 1. The molecule has 0 N–H and O–H groups in total. The summed E-state index contributed by atoms with van der Waals surface area (Å²) in [7, 11) is 0. The van der Waals surface area contributed by atoms with Gasteiger partial charge in [-0.1, -0.05) is 49.6 Å². The third-order valence-electron chi connectivity index (χ3n) is 3.85. The Morgan fingerprint density at radius 3 is 2.43 bits per heavy atom. The van der Waals surface area contributed by atoms with Crippen LogP contribution in [0, 0.1) is 5.92 Å². The summed E-state index contributed by atoms with van der Waals surface area (Å²) in [4.78, 5) is 24.8. The third kappa shape index (κ3) is 4.28. The predicted molar refractivity (Wildman–Crippen MR) is 82.6 cm³/mol. The lowest BCUT2D eigenvalue weighted by Gasteiger charge is -2.21. The Morgan fingerprint density at radius 2 is 1.81 bits per heavy atom. The van der Waals surface area contributed by atoms with Crippen LogP contribution in [0.2, 0.25) is 0 Å². The molecule has 1 saturated carbocycles. The molecule has 1 aliphatic rings. The zero-order valence-corrected chi connectivity index (χ0v) is 12.5. The molecule has 0 aromatic heterocycles. The lowest BCUT2D eigenvalue weighted by Crippen LogP contribution is -2.24. The fourth-order valence-corrected chi connectivity index (χ4v) is 2.74. The Morgan fingerprint density at radius 1 is 1.14 bits per heavy atom. The van der Waals surface area contributed by atoms with Crippen LogP contribution < -0.4 is 0 Å². The standard InChI is InChI=1S/C18H22O3/c1-2-21-18(20)16(13-14-9-5-3-6-10-14)17(19)15-11-7-4-8-12-15/h3,5-6,9-10,13,15H,2,4,7-8,11-12H2,1H3. The maximum absolute atomic E-state index is 12.6. The van der Waals surface area contributed by atoms with Crippen LogP contribution in [-0.4, -0.2) is 18.4 Å². The molecule has 1 fully saturated rings. The molecule has 2 rings (SSSR count). The van der Waals surface area contributed by atoms with Gasteiger partial charge in [0.05, 0.1) is 6.61 Å². The topological polar surface area (TPSA) is 43.4 Å². The van der Waals surface area contributed by atoms with Crippen LogP contribution in [0.25, 0.3) is 6.08 Å². The van der Waals surface area contributed by atoms with Crippen molar-refractivity contribution in [2.45, 2.75) is 39.0 Å². The van der Waals surface area contributed by atoms with Crippen LogP contribution in [0.5, 0.6) is 0 Å².